The summed E-state index contributed by atoms with van der Waals surface area (Å²) in [4.78, 5) is 12.9. The molecule has 0 saturated heterocycles. The Hall–Kier alpha value is -1.71. The zero-order chi connectivity index (χ0) is 28.1. The van der Waals surface area contributed by atoms with Crippen LogP contribution in [0.1, 0.15) is 142 Å². The van der Waals surface area contributed by atoms with Crippen LogP contribution < -0.4 is 16.0 Å². The van der Waals surface area contributed by atoms with Crippen LogP contribution in [0, 0.1) is 0 Å². The molecule has 0 amide bonds. The van der Waals surface area contributed by atoms with E-state index in [1.165, 1.54) is 116 Å². The second kappa shape index (κ2) is 27.8. The van der Waals surface area contributed by atoms with E-state index in [1.807, 2.05) is 0 Å². The summed E-state index contributed by atoms with van der Waals surface area (Å²) in [6.07, 6.45) is 26.2. The molecule has 228 valence electrons. The molecule has 0 saturated carbocycles. The van der Waals surface area contributed by atoms with E-state index in [1.54, 1.807) is 0 Å². The zero-order valence-corrected chi connectivity index (χ0v) is 25.3. The highest BCUT2D eigenvalue weighted by atomic mass is 16.5. The summed E-state index contributed by atoms with van der Waals surface area (Å²) in [5.74, 6) is 1.07. The van der Waals surface area contributed by atoms with Crippen molar-refractivity contribution in [3.8, 4) is 0 Å². The van der Waals surface area contributed by atoms with E-state index in [9.17, 15) is 5.11 Å². The van der Waals surface area contributed by atoms with Crippen LogP contribution in [0.3, 0.4) is 0 Å². The van der Waals surface area contributed by atoms with Gasteiger partial charge in [0.2, 0.25) is 17.8 Å². The maximum absolute atomic E-state index is 9.20. The van der Waals surface area contributed by atoms with E-state index in [-0.39, 0.29) is 6.73 Å². The Labute approximate surface area is 239 Å². The number of rotatable bonds is 30. The van der Waals surface area contributed by atoms with Gasteiger partial charge in [0.25, 0.3) is 0 Å². The Balaban J connectivity index is 2.09. The number of unbranched alkanes of at least 4 members (excludes halogenated alkanes) is 18. The minimum atomic E-state index is -0.257. The summed E-state index contributed by atoms with van der Waals surface area (Å²) in [6, 6.07) is 0. The van der Waals surface area contributed by atoms with Gasteiger partial charge in [-0.2, -0.15) is 15.0 Å². The molecular weight excluding hydrogens is 492 g/mol. The monoisotopic (exact) mass is 552 g/mol. The van der Waals surface area contributed by atoms with Gasteiger partial charge < -0.3 is 30.5 Å². The molecule has 0 unspecified atom stereocenters. The van der Waals surface area contributed by atoms with Gasteiger partial charge in [0, 0.05) is 13.2 Å². The highest BCUT2D eigenvalue weighted by Gasteiger charge is 2.06. The van der Waals surface area contributed by atoms with Crippen LogP contribution in [-0.4, -0.2) is 53.5 Å². The lowest BCUT2D eigenvalue weighted by Gasteiger charge is -2.11. The van der Waals surface area contributed by atoms with Crippen LogP contribution in [0.15, 0.2) is 0 Å². The van der Waals surface area contributed by atoms with Gasteiger partial charge in [-0.15, -0.1) is 0 Å². The topological polar surface area (TPSA) is 113 Å². The molecule has 1 rings (SSSR count). The lowest BCUT2D eigenvalue weighted by molar-refractivity contribution is 0.146. The number of hydrogen-bond acceptors (Lipinski definition) is 9. The predicted molar refractivity (Wildman–Crippen MR) is 163 cm³/mol. The molecule has 9 nitrogen and oxygen atoms in total. The van der Waals surface area contributed by atoms with Crippen molar-refractivity contribution in [3.63, 3.8) is 0 Å². The second-order valence-electron chi connectivity index (χ2n) is 10.5. The quantitative estimate of drug-likeness (QED) is 0.0559. The Morgan fingerprint density at radius 3 is 1.10 bits per heavy atom. The fourth-order valence-corrected chi connectivity index (χ4v) is 4.44. The van der Waals surface area contributed by atoms with Gasteiger partial charge >= 0.3 is 0 Å². The first kappa shape index (κ1) is 35.3. The van der Waals surface area contributed by atoms with Gasteiger partial charge in [-0.25, -0.2) is 0 Å². The highest BCUT2D eigenvalue weighted by molar-refractivity contribution is 5.41. The molecule has 1 aromatic rings. The van der Waals surface area contributed by atoms with Crippen molar-refractivity contribution < 1.29 is 14.6 Å². The third-order valence-electron chi connectivity index (χ3n) is 6.82. The first-order chi connectivity index (χ1) is 19.3. The van der Waals surface area contributed by atoms with Gasteiger partial charge in [-0.3, -0.25) is 0 Å². The minimum absolute atomic E-state index is 0.257. The molecule has 0 atom stereocenters. The molecule has 0 aromatic carbocycles. The van der Waals surface area contributed by atoms with Crippen LogP contribution in [0.2, 0.25) is 0 Å². The molecular formula is C30H60N6O3. The summed E-state index contributed by atoms with van der Waals surface area (Å²) in [7, 11) is 0. The van der Waals surface area contributed by atoms with Gasteiger partial charge in [-0.05, 0) is 12.8 Å². The molecule has 9 heteroatoms. The summed E-state index contributed by atoms with van der Waals surface area (Å²) in [5, 5.41) is 18.1. The Morgan fingerprint density at radius 2 is 0.769 bits per heavy atom. The first-order valence-corrected chi connectivity index (χ1v) is 16.0. The molecule has 4 N–H and O–H groups in total. The highest BCUT2D eigenvalue weighted by Crippen LogP contribution is 2.12. The van der Waals surface area contributed by atoms with Crippen LogP contribution in [0.25, 0.3) is 0 Å². The molecule has 0 fully saturated rings. The molecule has 0 aliphatic rings. The molecule has 0 spiro atoms. The Morgan fingerprint density at radius 1 is 0.462 bits per heavy atom. The number of aliphatic hydroxyl groups excluding tert-OH is 1. The summed E-state index contributed by atoms with van der Waals surface area (Å²) < 4.78 is 11.4. The molecule has 0 aliphatic heterocycles. The van der Waals surface area contributed by atoms with Gasteiger partial charge in [0.15, 0.2) is 0 Å². The average Bonchev–Trinajstić information content (AvgIpc) is 2.94. The fraction of sp³-hybridized carbons (Fsp3) is 0.900. The lowest BCUT2D eigenvalue weighted by Crippen LogP contribution is -2.16. The molecule has 0 bridgehead atoms. The fourth-order valence-electron chi connectivity index (χ4n) is 4.44. The first-order valence-electron chi connectivity index (χ1n) is 16.0. The molecule has 39 heavy (non-hydrogen) atoms. The van der Waals surface area contributed by atoms with E-state index in [0.717, 1.165) is 12.8 Å². The number of nitrogens with one attached hydrogen (secondary N) is 3. The standard InChI is InChI=1S/C30H60N6O3/c1-3-5-7-9-11-13-15-17-19-21-23-38-26-32-29-34-28(31-25-37)35-30(36-29)33-27-39-24-22-20-18-16-14-12-10-8-6-4-2/h37H,3-27H2,1-2H3,(H3,31,32,33,34,35,36). The predicted octanol–water partition coefficient (Wildman–Crippen LogP) is 7.85. The van der Waals surface area contributed by atoms with Crippen LogP contribution in [0.4, 0.5) is 17.8 Å². The number of nitrogens with zero attached hydrogens (tertiary/aromatic N) is 3. The molecule has 1 aromatic heterocycles. The van der Waals surface area contributed by atoms with E-state index in [2.05, 4.69) is 44.7 Å². The molecule has 0 radical (unpaired) electrons. The summed E-state index contributed by atoms with van der Waals surface area (Å²) in [6.45, 7) is 6.36. The molecule has 0 aliphatic carbocycles. The van der Waals surface area contributed by atoms with Crippen molar-refractivity contribution in [2.24, 2.45) is 0 Å². The normalized spacial score (nSPS) is 11.2. The van der Waals surface area contributed by atoms with Crippen molar-refractivity contribution in [2.75, 3.05) is 49.4 Å². The lowest BCUT2D eigenvalue weighted by atomic mass is 10.1. The summed E-state index contributed by atoms with van der Waals surface area (Å²) >= 11 is 0. The van der Waals surface area contributed by atoms with Crippen LogP contribution in [0.5, 0.6) is 0 Å². The van der Waals surface area contributed by atoms with E-state index >= 15 is 0 Å². The van der Waals surface area contributed by atoms with E-state index < -0.39 is 0 Å². The SMILES string of the molecule is CCCCCCCCCCCCOCNc1nc(NCO)nc(NCOCCCCCCCCCCCC)n1. The van der Waals surface area contributed by atoms with Crippen molar-refractivity contribution in [1.82, 2.24) is 15.0 Å². The number of aliphatic hydroxyl groups is 1. The largest absolute Gasteiger partial charge is 0.376 e. The zero-order valence-electron chi connectivity index (χ0n) is 25.3. The number of anilines is 3. The van der Waals surface area contributed by atoms with Gasteiger partial charge in [0.05, 0.1) is 0 Å². The van der Waals surface area contributed by atoms with Gasteiger partial charge in [-0.1, -0.05) is 129 Å². The smallest absolute Gasteiger partial charge is 0.231 e. The van der Waals surface area contributed by atoms with Crippen molar-refractivity contribution in [1.29, 1.82) is 0 Å². The van der Waals surface area contributed by atoms with E-state index in [0.29, 0.717) is 44.5 Å². The average molecular weight is 553 g/mol. The third-order valence-corrected chi connectivity index (χ3v) is 6.82. The van der Waals surface area contributed by atoms with Crippen molar-refractivity contribution in [3.05, 3.63) is 0 Å². The van der Waals surface area contributed by atoms with Crippen molar-refractivity contribution >= 4 is 17.8 Å². The number of ether oxygens (including phenoxy) is 2. The second-order valence-corrected chi connectivity index (χ2v) is 10.5. The number of aromatic nitrogens is 3. The number of hydrogen-bond donors (Lipinski definition) is 4. The van der Waals surface area contributed by atoms with E-state index in [4.69, 9.17) is 9.47 Å². The minimum Gasteiger partial charge on any atom is -0.376 e. The van der Waals surface area contributed by atoms with Gasteiger partial charge in [0.1, 0.15) is 20.2 Å². The maximum atomic E-state index is 9.20. The summed E-state index contributed by atoms with van der Waals surface area (Å²) in [5.41, 5.74) is 0. The Bertz CT molecular complexity index is 605. The van der Waals surface area contributed by atoms with Crippen molar-refractivity contribution in [2.45, 2.75) is 142 Å². The third kappa shape index (κ3) is 22.8. The van der Waals surface area contributed by atoms with Crippen LogP contribution in [-0.2, 0) is 9.47 Å². The maximum Gasteiger partial charge on any atom is 0.231 e. The molecule has 1 heterocycles. The Kier molecular flexibility index (Phi) is 25.2. The van der Waals surface area contributed by atoms with Crippen LogP contribution >= 0.6 is 0 Å².